The highest BCUT2D eigenvalue weighted by Crippen LogP contribution is 2.56. The summed E-state index contributed by atoms with van der Waals surface area (Å²) in [6.07, 6.45) is 2.45. The lowest BCUT2D eigenvalue weighted by Gasteiger charge is -2.33. The summed E-state index contributed by atoms with van der Waals surface area (Å²) in [6, 6.07) is 5.38. The predicted molar refractivity (Wildman–Crippen MR) is 60.0 cm³/mol. The molecule has 1 aliphatic heterocycles. The molecule has 1 aromatic heterocycles. The van der Waals surface area contributed by atoms with Crippen LogP contribution in [0.5, 0.6) is 0 Å². The first-order valence-corrected chi connectivity index (χ1v) is 6.92. The van der Waals surface area contributed by atoms with E-state index in [4.69, 9.17) is 4.52 Å². The predicted octanol–water partition coefficient (Wildman–Crippen LogP) is 1.66. The van der Waals surface area contributed by atoms with Gasteiger partial charge in [0.2, 0.25) is 0 Å². The number of nitrogens with zero attached hydrogens (tertiary/aromatic N) is 1. The molecule has 88 valence electrons. The Hall–Kier alpha value is -0.740. The van der Waals surface area contributed by atoms with Crippen molar-refractivity contribution in [1.82, 2.24) is 10.3 Å². The fraction of sp³-hybridized carbons (Fsp3) is 0.500. The first-order valence-electron chi connectivity index (χ1n) is 5.27. The Bertz CT molecular complexity index is 398. The van der Waals surface area contributed by atoms with Crippen molar-refractivity contribution in [3.8, 4) is 0 Å². The van der Waals surface area contributed by atoms with Crippen LogP contribution in [0.2, 0.25) is 0 Å². The van der Waals surface area contributed by atoms with E-state index in [0.717, 1.165) is 6.42 Å². The lowest BCUT2D eigenvalue weighted by atomic mass is 10.2. The molecule has 1 saturated heterocycles. The van der Waals surface area contributed by atoms with Gasteiger partial charge < -0.3 is 9.42 Å². The Balaban J connectivity index is 2.26. The van der Waals surface area contributed by atoms with E-state index < -0.39 is 13.4 Å². The molecule has 0 spiro atoms. The lowest BCUT2D eigenvalue weighted by Crippen LogP contribution is -2.40. The van der Waals surface area contributed by atoms with E-state index in [1.165, 1.54) is 0 Å². The fourth-order valence-corrected chi connectivity index (χ4v) is 3.09. The van der Waals surface area contributed by atoms with Gasteiger partial charge >= 0.3 is 7.60 Å². The van der Waals surface area contributed by atoms with Crippen LogP contribution in [0.25, 0.3) is 0 Å². The molecule has 3 unspecified atom stereocenters. The summed E-state index contributed by atoms with van der Waals surface area (Å²) in [5, 5.41) is 3.11. The quantitative estimate of drug-likeness (QED) is 0.772. The summed E-state index contributed by atoms with van der Waals surface area (Å²) in [7, 11) is -3.64. The molecule has 6 heteroatoms. The number of pyridine rings is 1. The van der Waals surface area contributed by atoms with Gasteiger partial charge in [0.05, 0.1) is 12.3 Å². The fourth-order valence-electron chi connectivity index (χ4n) is 1.66. The minimum absolute atomic E-state index is 0.0984. The highest BCUT2D eigenvalue weighted by molar-refractivity contribution is 7.53. The highest BCUT2D eigenvalue weighted by atomic mass is 31.2. The van der Waals surface area contributed by atoms with E-state index in [1.807, 2.05) is 6.92 Å². The maximum absolute atomic E-state index is 11.9. The molecule has 2 rings (SSSR count). The number of aromatic nitrogens is 1. The molecule has 3 atom stereocenters. The zero-order chi connectivity index (χ0) is 11.6. The average molecular weight is 242 g/mol. The first-order chi connectivity index (χ1) is 7.63. The Kier molecular flexibility index (Phi) is 3.40. The molecular formula is C10H15N2O3P. The number of hydrogen-bond acceptors (Lipinski definition) is 4. The topological polar surface area (TPSA) is 71.5 Å². The third kappa shape index (κ3) is 2.33. The SMILES string of the molecule is CCC1COP(=O)(O)C(c2ccccn2)N1. The third-order valence-corrected chi connectivity index (χ3v) is 4.23. The van der Waals surface area contributed by atoms with E-state index in [0.29, 0.717) is 5.69 Å². The normalized spacial score (nSPS) is 34.9. The molecule has 1 aliphatic rings. The van der Waals surface area contributed by atoms with Gasteiger partial charge in [-0.15, -0.1) is 0 Å². The van der Waals surface area contributed by atoms with Crippen LogP contribution < -0.4 is 5.32 Å². The zero-order valence-electron chi connectivity index (χ0n) is 9.04. The number of nitrogens with one attached hydrogen (secondary N) is 1. The Morgan fingerprint density at radius 1 is 1.69 bits per heavy atom. The molecule has 1 aromatic rings. The van der Waals surface area contributed by atoms with Crippen molar-refractivity contribution in [2.75, 3.05) is 6.61 Å². The minimum atomic E-state index is -3.64. The summed E-state index contributed by atoms with van der Waals surface area (Å²) in [5.74, 6) is -0.715. The Morgan fingerprint density at radius 2 is 2.50 bits per heavy atom. The molecule has 5 nitrogen and oxygen atoms in total. The lowest BCUT2D eigenvalue weighted by molar-refractivity contribution is 0.177. The van der Waals surface area contributed by atoms with E-state index in [1.54, 1.807) is 24.4 Å². The van der Waals surface area contributed by atoms with Crippen LogP contribution >= 0.6 is 7.60 Å². The van der Waals surface area contributed by atoms with Crippen LogP contribution in [0.15, 0.2) is 24.4 Å². The molecule has 0 saturated carbocycles. The maximum Gasteiger partial charge on any atom is 0.351 e. The van der Waals surface area contributed by atoms with Crippen LogP contribution in [-0.4, -0.2) is 22.5 Å². The molecule has 0 amide bonds. The Morgan fingerprint density at radius 3 is 3.12 bits per heavy atom. The van der Waals surface area contributed by atoms with Gasteiger partial charge in [-0.2, -0.15) is 0 Å². The van der Waals surface area contributed by atoms with E-state index in [9.17, 15) is 9.46 Å². The van der Waals surface area contributed by atoms with Crippen LogP contribution in [0, 0.1) is 0 Å². The second-order valence-corrected chi connectivity index (χ2v) is 5.69. The largest absolute Gasteiger partial charge is 0.351 e. The van der Waals surface area contributed by atoms with Gasteiger partial charge in [-0.3, -0.25) is 14.9 Å². The molecule has 2 heterocycles. The number of rotatable bonds is 2. The van der Waals surface area contributed by atoms with Gasteiger partial charge in [0.15, 0.2) is 5.78 Å². The van der Waals surface area contributed by atoms with Gasteiger partial charge in [0.25, 0.3) is 0 Å². The zero-order valence-corrected chi connectivity index (χ0v) is 9.93. The van der Waals surface area contributed by atoms with Crippen molar-refractivity contribution in [2.24, 2.45) is 0 Å². The first kappa shape index (κ1) is 11.7. The molecule has 0 bridgehead atoms. The summed E-state index contributed by atoms with van der Waals surface area (Å²) >= 11 is 0. The van der Waals surface area contributed by atoms with Crippen molar-refractivity contribution < 1.29 is 14.0 Å². The third-order valence-electron chi connectivity index (χ3n) is 2.64. The summed E-state index contributed by atoms with van der Waals surface area (Å²) in [6.45, 7) is 2.28. The second kappa shape index (κ2) is 4.63. The van der Waals surface area contributed by atoms with Crippen molar-refractivity contribution in [2.45, 2.75) is 25.2 Å². The molecular weight excluding hydrogens is 227 g/mol. The molecule has 0 aromatic carbocycles. The van der Waals surface area contributed by atoms with E-state index in [-0.39, 0.29) is 12.6 Å². The second-order valence-electron chi connectivity index (χ2n) is 3.79. The van der Waals surface area contributed by atoms with Gasteiger partial charge in [0, 0.05) is 12.2 Å². The monoisotopic (exact) mass is 242 g/mol. The van der Waals surface area contributed by atoms with Gasteiger partial charge in [-0.1, -0.05) is 13.0 Å². The summed E-state index contributed by atoms with van der Waals surface area (Å²) in [4.78, 5) is 13.8. The van der Waals surface area contributed by atoms with Crippen LogP contribution in [0.3, 0.4) is 0 Å². The number of hydrogen-bond donors (Lipinski definition) is 2. The van der Waals surface area contributed by atoms with Crippen LogP contribution in [0.1, 0.15) is 24.8 Å². The molecule has 0 aliphatic carbocycles. The van der Waals surface area contributed by atoms with Crippen molar-refractivity contribution in [1.29, 1.82) is 0 Å². The molecule has 0 radical (unpaired) electrons. The Labute approximate surface area is 94.4 Å². The van der Waals surface area contributed by atoms with Crippen molar-refractivity contribution in [3.05, 3.63) is 30.1 Å². The van der Waals surface area contributed by atoms with Crippen LogP contribution in [0.4, 0.5) is 0 Å². The van der Waals surface area contributed by atoms with E-state index in [2.05, 4.69) is 10.3 Å². The molecule has 2 N–H and O–H groups in total. The summed E-state index contributed by atoms with van der Waals surface area (Å²) < 4.78 is 16.9. The van der Waals surface area contributed by atoms with Crippen LogP contribution in [-0.2, 0) is 9.09 Å². The van der Waals surface area contributed by atoms with Gasteiger partial charge in [-0.05, 0) is 18.6 Å². The van der Waals surface area contributed by atoms with Gasteiger partial charge in [0.1, 0.15) is 0 Å². The average Bonchev–Trinajstić information content (AvgIpc) is 2.30. The molecule has 1 fully saturated rings. The van der Waals surface area contributed by atoms with Crippen molar-refractivity contribution in [3.63, 3.8) is 0 Å². The standard InChI is InChI=1S/C10H15N2O3P/c1-2-8-7-15-16(13,14)10(12-8)9-5-3-4-6-11-9/h3-6,8,10,12H,2,7H2,1H3,(H,13,14). The summed E-state index contributed by atoms with van der Waals surface area (Å²) in [5.41, 5.74) is 0.548. The van der Waals surface area contributed by atoms with Crippen molar-refractivity contribution >= 4 is 7.60 Å². The van der Waals surface area contributed by atoms with E-state index >= 15 is 0 Å². The minimum Gasteiger partial charge on any atom is -0.323 e. The highest BCUT2D eigenvalue weighted by Gasteiger charge is 2.40. The molecule has 16 heavy (non-hydrogen) atoms. The smallest absolute Gasteiger partial charge is 0.323 e. The maximum atomic E-state index is 11.9. The van der Waals surface area contributed by atoms with Gasteiger partial charge in [-0.25, -0.2) is 0 Å².